The Morgan fingerprint density at radius 3 is 2.48 bits per heavy atom. The molecule has 1 atom stereocenters. The first-order valence-electron chi connectivity index (χ1n) is 8.43. The Kier molecular flexibility index (Phi) is 8.41. The van der Waals surface area contributed by atoms with Crippen LogP contribution in [0.25, 0.3) is 0 Å². The molecule has 1 aromatic heterocycles. The lowest BCUT2D eigenvalue weighted by molar-refractivity contribution is 0.635. The topological polar surface area (TPSA) is 54.2 Å². The van der Waals surface area contributed by atoms with Gasteiger partial charge >= 0.3 is 0 Å². The Bertz CT molecular complexity index is 721. The van der Waals surface area contributed by atoms with Gasteiger partial charge in [0.15, 0.2) is 5.96 Å². The number of hydrogen-bond acceptors (Lipinski definition) is 2. The van der Waals surface area contributed by atoms with Crippen LogP contribution in [-0.4, -0.2) is 28.8 Å². The van der Waals surface area contributed by atoms with E-state index in [0.29, 0.717) is 0 Å². The molecular formula is C19H30IN5. The summed E-state index contributed by atoms with van der Waals surface area (Å²) in [6, 6.07) is 8.67. The van der Waals surface area contributed by atoms with Crippen LogP contribution >= 0.6 is 24.0 Å². The molecule has 0 saturated heterocycles. The van der Waals surface area contributed by atoms with Gasteiger partial charge in [0, 0.05) is 32.4 Å². The normalized spacial score (nSPS) is 12.5. The van der Waals surface area contributed by atoms with E-state index in [0.717, 1.165) is 24.6 Å². The van der Waals surface area contributed by atoms with Crippen molar-refractivity contribution in [3.63, 3.8) is 0 Å². The molecule has 25 heavy (non-hydrogen) atoms. The van der Waals surface area contributed by atoms with Gasteiger partial charge in [0.1, 0.15) is 0 Å². The van der Waals surface area contributed by atoms with Crippen LogP contribution in [-0.2, 0) is 20.0 Å². The molecule has 0 radical (unpaired) electrons. The van der Waals surface area contributed by atoms with Crippen LogP contribution in [0.4, 0.5) is 0 Å². The van der Waals surface area contributed by atoms with Gasteiger partial charge in [-0.25, -0.2) is 0 Å². The Hall–Kier alpha value is -1.57. The highest BCUT2D eigenvalue weighted by atomic mass is 127. The number of rotatable bonds is 5. The third kappa shape index (κ3) is 5.73. The van der Waals surface area contributed by atoms with Crippen molar-refractivity contribution in [2.24, 2.45) is 12.0 Å². The minimum atomic E-state index is 0. The van der Waals surface area contributed by atoms with Gasteiger partial charge in [0.25, 0.3) is 0 Å². The van der Waals surface area contributed by atoms with Crippen molar-refractivity contribution >= 4 is 29.9 Å². The molecule has 5 nitrogen and oxygen atoms in total. The molecular weight excluding hydrogens is 425 g/mol. The number of halogens is 1. The van der Waals surface area contributed by atoms with Crippen molar-refractivity contribution in [2.75, 3.05) is 7.05 Å². The van der Waals surface area contributed by atoms with Crippen LogP contribution in [0.15, 0.2) is 29.3 Å². The molecule has 138 valence electrons. The van der Waals surface area contributed by atoms with E-state index in [1.54, 1.807) is 7.05 Å². The average molecular weight is 455 g/mol. The van der Waals surface area contributed by atoms with Gasteiger partial charge in [-0.1, -0.05) is 24.3 Å². The molecule has 0 bridgehead atoms. The van der Waals surface area contributed by atoms with Crippen molar-refractivity contribution < 1.29 is 0 Å². The summed E-state index contributed by atoms with van der Waals surface area (Å²) >= 11 is 0. The number of nitrogens with zero attached hydrogens (tertiary/aromatic N) is 3. The zero-order valence-corrected chi connectivity index (χ0v) is 18.4. The monoisotopic (exact) mass is 455 g/mol. The summed E-state index contributed by atoms with van der Waals surface area (Å²) in [7, 11) is 3.80. The van der Waals surface area contributed by atoms with E-state index in [1.165, 1.54) is 22.4 Å². The molecule has 0 fully saturated rings. The zero-order valence-electron chi connectivity index (χ0n) is 16.1. The van der Waals surface area contributed by atoms with Crippen molar-refractivity contribution in [3.8, 4) is 0 Å². The fourth-order valence-corrected chi connectivity index (χ4v) is 2.89. The smallest absolute Gasteiger partial charge is 0.191 e. The summed E-state index contributed by atoms with van der Waals surface area (Å²) in [5, 5.41) is 11.4. The Labute approximate surface area is 168 Å². The van der Waals surface area contributed by atoms with Crippen LogP contribution in [0, 0.1) is 20.8 Å². The highest BCUT2D eigenvalue weighted by molar-refractivity contribution is 14.0. The number of hydrogen-bond donors (Lipinski definition) is 2. The maximum absolute atomic E-state index is 4.49. The third-order valence-corrected chi connectivity index (χ3v) is 4.48. The third-order valence-electron chi connectivity index (χ3n) is 4.48. The molecule has 2 aromatic rings. The summed E-state index contributed by atoms with van der Waals surface area (Å²) in [6.45, 7) is 9.26. The minimum Gasteiger partial charge on any atom is -0.354 e. The quantitative estimate of drug-likeness (QED) is 0.414. The Morgan fingerprint density at radius 1 is 1.24 bits per heavy atom. The molecule has 0 aliphatic carbocycles. The maximum atomic E-state index is 4.49. The lowest BCUT2D eigenvalue weighted by Crippen LogP contribution is -2.42. The SMILES string of the molecule is CN=C(NCc1ccccc1C)NC(C)Cc1c(C)nn(C)c1C.I. The van der Waals surface area contributed by atoms with Gasteiger partial charge in [-0.2, -0.15) is 5.10 Å². The number of nitrogens with one attached hydrogen (secondary N) is 2. The van der Waals surface area contributed by atoms with Crippen molar-refractivity contribution in [1.29, 1.82) is 0 Å². The summed E-state index contributed by atoms with van der Waals surface area (Å²) < 4.78 is 1.95. The van der Waals surface area contributed by atoms with Gasteiger partial charge < -0.3 is 10.6 Å². The molecule has 0 spiro atoms. The molecule has 0 amide bonds. The zero-order chi connectivity index (χ0) is 17.7. The summed E-state index contributed by atoms with van der Waals surface area (Å²) in [4.78, 5) is 4.34. The molecule has 0 saturated carbocycles. The second-order valence-electron chi connectivity index (χ2n) is 6.37. The molecule has 1 unspecified atom stereocenters. The van der Waals surface area contributed by atoms with Crippen LogP contribution in [0.2, 0.25) is 0 Å². The fourth-order valence-electron chi connectivity index (χ4n) is 2.89. The second kappa shape index (κ2) is 9.79. The first kappa shape index (κ1) is 21.5. The first-order chi connectivity index (χ1) is 11.4. The molecule has 0 aliphatic heterocycles. The molecule has 1 aromatic carbocycles. The number of guanidine groups is 1. The van der Waals surface area contributed by atoms with Crippen LogP contribution in [0.3, 0.4) is 0 Å². The van der Waals surface area contributed by atoms with Crippen molar-refractivity contribution in [2.45, 2.75) is 46.7 Å². The maximum Gasteiger partial charge on any atom is 0.191 e. The van der Waals surface area contributed by atoms with Crippen molar-refractivity contribution in [3.05, 3.63) is 52.3 Å². The van der Waals surface area contributed by atoms with E-state index in [9.17, 15) is 0 Å². The average Bonchev–Trinajstić information content (AvgIpc) is 2.79. The predicted molar refractivity (Wildman–Crippen MR) is 116 cm³/mol. The molecule has 6 heteroatoms. The first-order valence-corrected chi connectivity index (χ1v) is 8.43. The standard InChI is InChI=1S/C19H29N5.HI/c1-13-9-7-8-10-17(13)12-21-19(20-5)22-14(2)11-18-15(3)23-24(6)16(18)4;/h7-10,14H,11-12H2,1-6H3,(H2,20,21,22);1H. The Morgan fingerprint density at radius 2 is 1.92 bits per heavy atom. The van der Waals surface area contributed by atoms with E-state index in [2.05, 4.69) is 72.7 Å². The van der Waals surface area contributed by atoms with Gasteiger partial charge in [-0.3, -0.25) is 9.67 Å². The lowest BCUT2D eigenvalue weighted by Gasteiger charge is -2.18. The van der Waals surface area contributed by atoms with Crippen LogP contribution in [0.5, 0.6) is 0 Å². The number of aromatic nitrogens is 2. The van der Waals surface area contributed by atoms with Gasteiger partial charge in [-0.05, 0) is 50.8 Å². The fraction of sp³-hybridized carbons (Fsp3) is 0.474. The predicted octanol–water partition coefficient (Wildman–Crippen LogP) is 3.26. The Balaban J connectivity index is 0.00000312. The molecule has 0 aliphatic rings. The highest BCUT2D eigenvalue weighted by Gasteiger charge is 2.14. The number of aryl methyl sites for hydroxylation is 3. The van der Waals surface area contributed by atoms with Gasteiger partial charge in [-0.15, -0.1) is 24.0 Å². The summed E-state index contributed by atoms with van der Waals surface area (Å²) in [5.74, 6) is 0.824. The van der Waals surface area contributed by atoms with E-state index >= 15 is 0 Å². The molecule has 2 N–H and O–H groups in total. The summed E-state index contributed by atoms with van der Waals surface area (Å²) in [5.41, 5.74) is 6.21. The highest BCUT2D eigenvalue weighted by Crippen LogP contribution is 2.14. The lowest BCUT2D eigenvalue weighted by atomic mass is 10.1. The van der Waals surface area contributed by atoms with Gasteiger partial charge in [0.05, 0.1) is 5.69 Å². The van der Waals surface area contributed by atoms with E-state index in [-0.39, 0.29) is 30.0 Å². The van der Waals surface area contributed by atoms with E-state index in [1.807, 2.05) is 11.7 Å². The molecule has 2 rings (SSSR count). The van der Waals surface area contributed by atoms with E-state index < -0.39 is 0 Å². The number of benzene rings is 1. The number of aliphatic imine (C=N–C) groups is 1. The van der Waals surface area contributed by atoms with Crippen LogP contribution in [0.1, 0.15) is 35.0 Å². The van der Waals surface area contributed by atoms with E-state index in [4.69, 9.17) is 0 Å². The van der Waals surface area contributed by atoms with Crippen molar-refractivity contribution in [1.82, 2.24) is 20.4 Å². The largest absolute Gasteiger partial charge is 0.354 e. The summed E-state index contributed by atoms with van der Waals surface area (Å²) in [6.07, 6.45) is 0.927. The minimum absolute atomic E-state index is 0. The molecule has 1 heterocycles. The van der Waals surface area contributed by atoms with Crippen LogP contribution < -0.4 is 10.6 Å². The van der Waals surface area contributed by atoms with Gasteiger partial charge in [0.2, 0.25) is 0 Å². The second-order valence-corrected chi connectivity index (χ2v) is 6.37.